The molecule has 0 saturated carbocycles. The van der Waals surface area contributed by atoms with E-state index in [0.29, 0.717) is 11.7 Å². The molecule has 1 aromatic carbocycles. The first-order valence-electron chi connectivity index (χ1n) is 6.17. The maximum atomic E-state index is 13.5. The van der Waals surface area contributed by atoms with E-state index < -0.39 is 0 Å². The van der Waals surface area contributed by atoms with Crippen molar-refractivity contribution in [1.82, 2.24) is 9.71 Å². The van der Waals surface area contributed by atoms with Gasteiger partial charge in [0.25, 0.3) is 0 Å². The maximum Gasteiger partial charge on any atom is 0.206 e. The van der Waals surface area contributed by atoms with Gasteiger partial charge in [0.15, 0.2) is 0 Å². The second-order valence-corrected chi connectivity index (χ2v) is 5.22. The monoisotopic (exact) mass is 288 g/mol. The third kappa shape index (κ3) is 2.60. The van der Waals surface area contributed by atoms with E-state index in [-0.39, 0.29) is 12.4 Å². The Morgan fingerprint density at radius 2 is 2.20 bits per heavy atom. The summed E-state index contributed by atoms with van der Waals surface area (Å²) in [5.41, 5.74) is 2.52. The number of pyridine rings is 1. The normalized spacial score (nSPS) is 15.4. The van der Waals surface area contributed by atoms with Crippen LogP contribution in [0.15, 0.2) is 46.4 Å². The van der Waals surface area contributed by atoms with E-state index >= 15 is 0 Å². The highest BCUT2D eigenvalue weighted by molar-refractivity contribution is 7.98. The van der Waals surface area contributed by atoms with Crippen LogP contribution in [0.1, 0.15) is 11.3 Å². The summed E-state index contributed by atoms with van der Waals surface area (Å²) in [6, 6.07) is 9.03. The summed E-state index contributed by atoms with van der Waals surface area (Å²) >= 11 is 1.49. The number of guanidine groups is 1. The average Bonchev–Trinajstić information content (AvgIpc) is 2.47. The molecule has 1 aliphatic rings. The van der Waals surface area contributed by atoms with E-state index in [4.69, 9.17) is 0 Å². The van der Waals surface area contributed by atoms with Crippen LogP contribution in [0, 0.1) is 12.7 Å². The molecule has 0 spiro atoms. The van der Waals surface area contributed by atoms with Gasteiger partial charge in [-0.1, -0.05) is 12.1 Å². The zero-order chi connectivity index (χ0) is 13.9. The lowest BCUT2D eigenvalue weighted by molar-refractivity contribution is 0.600. The Labute approximate surface area is 120 Å². The van der Waals surface area contributed by atoms with Crippen LogP contribution in [0.25, 0.3) is 0 Å². The van der Waals surface area contributed by atoms with Crippen molar-refractivity contribution in [3.8, 4) is 0 Å². The van der Waals surface area contributed by atoms with E-state index in [1.807, 2.05) is 25.1 Å². The summed E-state index contributed by atoms with van der Waals surface area (Å²) in [7, 11) is 0. The molecule has 3 rings (SSSR count). The minimum atomic E-state index is -0.336. The van der Waals surface area contributed by atoms with Crippen molar-refractivity contribution < 1.29 is 4.39 Å². The lowest BCUT2D eigenvalue weighted by Gasteiger charge is -2.21. The summed E-state index contributed by atoms with van der Waals surface area (Å²) in [4.78, 5) is 9.42. The number of anilines is 1. The first-order valence-corrected chi connectivity index (χ1v) is 6.99. The molecule has 0 bridgehead atoms. The molecule has 6 heteroatoms. The Morgan fingerprint density at radius 1 is 1.30 bits per heavy atom. The van der Waals surface area contributed by atoms with Crippen LogP contribution in [0.4, 0.5) is 10.1 Å². The first kappa shape index (κ1) is 12.9. The molecule has 2 aromatic rings. The Kier molecular flexibility index (Phi) is 3.56. The molecular formula is C14H13FN4S. The first-order chi connectivity index (χ1) is 9.74. The van der Waals surface area contributed by atoms with Crippen LogP contribution < -0.4 is 10.0 Å². The van der Waals surface area contributed by atoms with Crippen molar-refractivity contribution in [2.24, 2.45) is 4.99 Å². The minimum absolute atomic E-state index is 0.198. The van der Waals surface area contributed by atoms with Gasteiger partial charge in [-0.15, -0.1) is 0 Å². The minimum Gasteiger partial charge on any atom is -0.324 e. The fourth-order valence-electron chi connectivity index (χ4n) is 1.89. The lowest BCUT2D eigenvalue weighted by Crippen LogP contribution is -2.30. The van der Waals surface area contributed by atoms with Gasteiger partial charge in [-0.05, 0) is 42.6 Å². The van der Waals surface area contributed by atoms with Crippen LogP contribution in [-0.4, -0.2) is 10.9 Å². The van der Waals surface area contributed by atoms with Crippen LogP contribution in [0.5, 0.6) is 0 Å². The number of nitrogens with one attached hydrogen (secondary N) is 2. The van der Waals surface area contributed by atoms with E-state index in [0.717, 1.165) is 16.1 Å². The molecule has 0 unspecified atom stereocenters. The SMILES string of the molecule is Cc1cccc2c1NC(=NCc1ncccc1F)NS2. The number of aromatic nitrogens is 1. The van der Waals surface area contributed by atoms with E-state index in [9.17, 15) is 4.39 Å². The summed E-state index contributed by atoms with van der Waals surface area (Å²) < 4.78 is 16.6. The molecule has 1 aliphatic heterocycles. The van der Waals surface area contributed by atoms with E-state index in [1.54, 1.807) is 12.3 Å². The predicted octanol–water partition coefficient (Wildman–Crippen LogP) is 3.11. The number of rotatable bonds is 2. The molecule has 20 heavy (non-hydrogen) atoms. The van der Waals surface area contributed by atoms with Gasteiger partial charge in [-0.3, -0.25) is 9.71 Å². The molecule has 0 amide bonds. The average molecular weight is 288 g/mol. The third-order valence-electron chi connectivity index (χ3n) is 2.96. The molecule has 0 aliphatic carbocycles. The van der Waals surface area contributed by atoms with Gasteiger partial charge >= 0.3 is 0 Å². The smallest absolute Gasteiger partial charge is 0.206 e. The van der Waals surface area contributed by atoms with Gasteiger partial charge in [0.1, 0.15) is 5.82 Å². The Bertz CT molecular complexity index is 672. The lowest BCUT2D eigenvalue weighted by atomic mass is 10.2. The molecule has 2 N–H and O–H groups in total. The molecule has 0 fully saturated rings. The number of halogens is 1. The molecule has 102 valence electrons. The number of para-hydroxylation sites is 1. The standard InChI is InChI=1S/C14H13FN4S/c1-9-4-2-6-12-13(9)18-14(19-20-12)17-8-11-10(15)5-3-7-16-11/h2-7H,8H2,1H3,(H2,17,18,19). The quantitative estimate of drug-likeness (QED) is 0.834. The number of fused-ring (bicyclic) bond motifs is 1. The summed E-state index contributed by atoms with van der Waals surface area (Å²) in [5, 5.41) is 3.22. The van der Waals surface area contributed by atoms with Crippen LogP contribution in [0.2, 0.25) is 0 Å². The fourth-order valence-corrected chi connectivity index (χ4v) is 2.68. The van der Waals surface area contributed by atoms with Gasteiger partial charge in [-0.2, -0.15) is 0 Å². The molecule has 0 atom stereocenters. The molecule has 0 radical (unpaired) electrons. The number of hydrogen-bond donors (Lipinski definition) is 2. The topological polar surface area (TPSA) is 49.3 Å². The van der Waals surface area contributed by atoms with Crippen molar-refractivity contribution in [3.63, 3.8) is 0 Å². The van der Waals surface area contributed by atoms with Gasteiger partial charge in [0.2, 0.25) is 5.96 Å². The molecular weight excluding hydrogens is 275 g/mol. The maximum absolute atomic E-state index is 13.5. The van der Waals surface area contributed by atoms with E-state index in [2.05, 4.69) is 20.0 Å². The number of aliphatic imine (C=N–C) groups is 1. The second-order valence-electron chi connectivity index (χ2n) is 4.37. The van der Waals surface area contributed by atoms with Crippen molar-refractivity contribution in [3.05, 3.63) is 53.6 Å². The van der Waals surface area contributed by atoms with Gasteiger partial charge in [-0.25, -0.2) is 9.38 Å². The van der Waals surface area contributed by atoms with Crippen molar-refractivity contribution >= 4 is 23.6 Å². The second kappa shape index (κ2) is 5.50. The number of benzene rings is 1. The van der Waals surface area contributed by atoms with Gasteiger partial charge in [0.05, 0.1) is 22.8 Å². The molecule has 2 heterocycles. The van der Waals surface area contributed by atoms with Crippen molar-refractivity contribution in [1.29, 1.82) is 0 Å². The predicted molar refractivity (Wildman–Crippen MR) is 79.1 cm³/mol. The van der Waals surface area contributed by atoms with Gasteiger partial charge in [0, 0.05) is 6.20 Å². The Balaban J connectivity index is 1.79. The Hall–Kier alpha value is -2.08. The zero-order valence-electron chi connectivity index (χ0n) is 10.9. The summed E-state index contributed by atoms with van der Waals surface area (Å²) in [5.74, 6) is 0.277. The summed E-state index contributed by atoms with van der Waals surface area (Å²) in [6.45, 7) is 2.23. The summed E-state index contributed by atoms with van der Waals surface area (Å²) in [6.07, 6.45) is 1.56. The largest absolute Gasteiger partial charge is 0.324 e. The van der Waals surface area contributed by atoms with E-state index in [1.165, 1.54) is 18.0 Å². The zero-order valence-corrected chi connectivity index (χ0v) is 11.7. The van der Waals surface area contributed by atoms with Crippen LogP contribution in [-0.2, 0) is 6.54 Å². The number of aryl methyl sites for hydroxylation is 1. The van der Waals surface area contributed by atoms with Crippen molar-refractivity contribution in [2.45, 2.75) is 18.4 Å². The number of nitrogens with zero attached hydrogens (tertiary/aromatic N) is 2. The molecule has 1 aromatic heterocycles. The molecule has 0 saturated heterocycles. The highest BCUT2D eigenvalue weighted by Gasteiger charge is 2.15. The van der Waals surface area contributed by atoms with Crippen molar-refractivity contribution in [2.75, 3.05) is 5.32 Å². The highest BCUT2D eigenvalue weighted by atomic mass is 32.2. The van der Waals surface area contributed by atoms with Crippen LogP contribution in [0.3, 0.4) is 0 Å². The number of hydrogen-bond acceptors (Lipinski definition) is 3. The van der Waals surface area contributed by atoms with Gasteiger partial charge < -0.3 is 5.32 Å². The molecule has 4 nitrogen and oxygen atoms in total. The Morgan fingerprint density at radius 3 is 3.05 bits per heavy atom. The van der Waals surface area contributed by atoms with Crippen LogP contribution >= 0.6 is 11.9 Å². The highest BCUT2D eigenvalue weighted by Crippen LogP contribution is 2.31. The third-order valence-corrected chi connectivity index (χ3v) is 3.81. The fraction of sp³-hybridized carbons (Fsp3) is 0.143.